The SMILES string of the molecule is O=C(CSCc1coc(-c2ccccc2)n1)Oc1ccccc1Br. The Morgan fingerprint density at radius 1 is 1.12 bits per heavy atom. The van der Waals surface area contributed by atoms with Crippen molar-refractivity contribution < 1.29 is 13.9 Å². The Kier molecular flexibility index (Phi) is 5.72. The molecule has 0 saturated carbocycles. The summed E-state index contributed by atoms with van der Waals surface area (Å²) in [6.07, 6.45) is 1.62. The van der Waals surface area contributed by atoms with Crippen molar-refractivity contribution in [2.75, 3.05) is 5.75 Å². The number of para-hydroxylation sites is 1. The van der Waals surface area contributed by atoms with E-state index in [1.807, 2.05) is 48.5 Å². The molecule has 24 heavy (non-hydrogen) atoms. The zero-order valence-corrected chi connectivity index (χ0v) is 15.0. The molecule has 0 N–H and O–H groups in total. The Labute approximate surface area is 152 Å². The van der Waals surface area contributed by atoms with Gasteiger partial charge in [-0.3, -0.25) is 4.79 Å². The first-order valence-corrected chi connectivity index (χ1v) is 9.20. The summed E-state index contributed by atoms with van der Waals surface area (Å²) in [4.78, 5) is 16.3. The van der Waals surface area contributed by atoms with Crippen LogP contribution in [-0.2, 0) is 10.5 Å². The van der Waals surface area contributed by atoms with Gasteiger partial charge in [-0.1, -0.05) is 30.3 Å². The quantitative estimate of drug-likeness (QED) is 0.430. The molecule has 0 spiro atoms. The molecule has 0 saturated heterocycles. The molecule has 2 aromatic carbocycles. The number of hydrogen-bond acceptors (Lipinski definition) is 5. The number of ether oxygens (including phenoxy) is 1. The number of rotatable bonds is 6. The van der Waals surface area contributed by atoms with Crippen LogP contribution in [0.15, 0.2) is 69.8 Å². The van der Waals surface area contributed by atoms with Crippen molar-refractivity contribution >= 4 is 33.7 Å². The molecular weight excluding hydrogens is 390 g/mol. The zero-order valence-electron chi connectivity index (χ0n) is 12.6. The van der Waals surface area contributed by atoms with Gasteiger partial charge in [0.2, 0.25) is 5.89 Å². The third kappa shape index (κ3) is 4.49. The van der Waals surface area contributed by atoms with Gasteiger partial charge in [-0.2, -0.15) is 0 Å². The van der Waals surface area contributed by atoms with Crippen LogP contribution in [0.5, 0.6) is 5.75 Å². The van der Waals surface area contributed by atoms with Crippen molar-refractivity contribution in [3.8, 4) is 17.2 Å². The van der Waals surface area contributed by atoms with Gasteiger partial charge < -0.3 is 9.15 Å². The highest BCUT2D eigenvalue weighted by Crippen LogP contribution is 2.25. The molecule has 0 unspecified atom stereocenters. The first-order chi connectivity index (χ1) is 11.7. The minimum atomic E-state index is -0.293. The first kappa shape index (κ1) is 16.8. The summed E-state index contributed by atoms with van der Waals surface area (Å²) in [6, 6.07) is 17.0. The third-order valence-electron chi connectivity index (χ3n) is 3.10. The molecule has 0 radical (unpaired) electrons. The van der Waals surface area contributed by atoms with Gasteiger partial charge in [-0.25, -0.2) is 4.98 Å². The first-order valence-electron chi connectivity index (χ1n) is 7.25. The summed E-state index contributed by atoms with van der Waals surface area (Å²) >= 11 is 4.78. The van der Waals surface area contributed by atoms with E-state index in [1.165, 1.54) is 11.8 Å². The van der Waals surface area contributed by atoms with Crippen molar-refractivity contribution in [2.24, 2.45) is 0 Å². The van der Waals surface area contributed by atoms with E-state index in [0.717, 1.165) is 15.7 Å². The Balaban J connectivity index is 1.49. The van der Waals surface area contributed by atoms with Gasteiger partial charge in [0.15, 0.2) is 0 Å². The van der Waals surface area contributed by atoms with Crippen LogP contribution in [0.2, 0.25) is 0 Å². The van der Waals surface area contributed by atoms with Crippen LogP contribution in [0.4, 0.5) is 0 Å². The predicted molar refractivity (Wildman–Crippen MR) is 97.9 cm³/mol. The second kappa shape index (κ2) is 8.17. The Hall–Kier alpha value is -2.05. The van der Waals surface area contributed by atoms with Crippen LogP contribution in [0.3, 0.4) is 0 Å². The fraction of sp³-hybridized carbons (Fsp3) is 0.111. The highest BCUT2D eigenvalue weighted by molar-refractivity contribution is 9.10. The van der Waals surface area contributed by atoms with Gasteiger partial charge >= 0.3 is 5.97 Å². The number of halogens is 1. The maximum absolute atomic E-state index is 11.9. The lowest BCUT2D eigenvalue weighted by atomic mass is 10.2. The number of aromatic nitrogens is 1. The van der Waals surface area contributed by atoms with E-state index < -0.39 is 0 Å². The zero-order chi connectivity index (χ0) is 16.8. The summed E-state index contributed by atoms with van der Waals surface area (Å²) in [5.41, 5.74) is 1.73. The summed E-state index contributed by atoms with van der Waals surface area (Å²) in [5.74, 6) is 1.65. The van der Waals surface area contributed by atoms with Crippen LogP contribution < -0.4 is 4.74 Å². The molecule has 3 rings (SSSR count). The number of hydrogen-bond donors (Lipinski definition) is 0. The standard InChI is InChI=1S/C18H14BrNO3S/c19-15-8-4-5-9-16(15)23-17(21)12-24-11-14-10-22-18(20-14)13-6-2-1-3-7-13/h1-10H,11-12H2. The van der Waals surface area contributed by atoms with Gasteiger partial charge in [0.1, 0.15) is 12.0 Å². The summed E-state index contributed by atoms with van der Waals surface area (Å²) < 4.78 is 11.5. The number of oxazole rings is 1. The number of carbonyl (C=O) groups is 1. The molecule has 0 fully saturated rings. The third-order valence-corrected chi connectivity index (χ3v) is 4.70. The van der Waals surface area contributed by atoms with Crippen LogP contribution in [0, 0.1) is 0 Å². The number of benzene rings is 2. The molecule has 0 amide bonds. The maximum Gasteiger partial charge on any atom is 0.321 e. The number of carbonyl (C=O) groups excluding carboxylic acids is 1. The van der Waals surface area contributed by atoms with E-state index in [0.29, 0.717) is 17.4 Å². The minimum Gasteiger partial charge on any atom is -0.444 e. The maximum atomic E-state index is 11.9. The van der Waals surface area contributed by atoms with Gasteiger partial charge in [0, 0.05) is 11.3 Å². The lowest BCUT2D eigenvalue weighted by Crippen LogP contribution is -2.11. The second-order valence-corrected chi connectivity index (χ2v) is 6.75. The molecule has 122 valence electrons. The Morgan fingerprint density at radius 3 is 2.67 bits per heavy atom. The molecule has 1 heterocycles. The molecule has 0 aliphatic carbocycles. The molecule has 1 aromatic heterocycles. The van der Waals surface area contributed by atoms with Crippen molar-refractivity contribution in [2.45, 2.75) is 5.75 Å². The molecule has 0 aliphatic rings. The number of thioether (sulfide) groups is 1. The molecule has 0 atom stereocenters. The average molecular weight is 404 g/mol. The Bertz CT molecular complexity index is 820. The van der Waals surface area contributed by atoms with Gasteiger partial charge in [0.05, 0.1) is 15.9 Å². The molecular formula is C18H14BrNO3S. The summed E-state index contributed by atoms with van der Waals surface area (Å²) in [7, 11) is 0. The van der Waals surface area contributed by atoms with E-state index in [1.54, 1.807) is 12.3 Å². The van der Waals surface area contributed by atoms with Crippen LogP contribution in [-0.4, -0.2) is 16.7 Å². The van der Waals surface area contributed by atoms with E-state index in [2.05, 4.69) is 20.9 Å². The van der Waals surface area contributed by atoms with E-state index in [9.17, 15) is 4.79 Å². The lowest BCUT2D eigenvalue weighted by molar-refractivity contribution is -0.131. The van der Waals surface area contributed by atoms with Crippen LogP contribution in [0.1, 0.15) is 5.69 Å². The van der Waals surface area contributed by atoms with Crippen molar-refractivity contribution in [1.82, 2.24) is 4.98 Å². The van der Waals surface area contributed by atoms with Gasteiger partial charge in [-0.15, -0.1) is 11.8 Å². The average Bonchev–Trinajstić information content (AvgIpc) is 3.07. The predicted octanol–water partition coefficient (Wildman–Crippen LogP) is 4.94. The fourth-order valence-electron chi connectivity index (χ4n) is 2.01. The fourth-order valence-corrected chi connectivity index (χ4v) is 3.04. The lowest BCUT2D eigenvalue weighted by Gasteiger charge is -2.05. The molecule has 4 nitrogen and oxygen atoms in total. The second-order valence-electron chi connectivity index (χ2n) is 4.91. The van der Waals surface area contributed by atoms with E-state index >= 15 is 0 Å². The summed E-state index contributed by atoms with van der Waals surface area (Å²) in [6.45, 7) is 0. The van der Waals surface area contributed by atoms with Gasteiger partial charge in [-0.05, 0) is 40.2 Å². The van der Waals surface area contributed by atoms with Crippen molar-refractivity contribution in [1.29, 1.82) is 0 Å². The van der Waals surface area contributed by atoms with Crippen molar-refractivity contribution in [3.05, 3.63) is 71.0 Å². The number of nitrogens with zero attached hydrogens (tertiary/aromatic N) is 1. The molecule has 3 aromatic rings. The Morgan fingerprint density at radius 2 is 1.88 bits per heavy atom. The van der Waals surface area contributed by atoms with Crippen LogP contribution >= 0.6 is 27.7 Å². The minimum absolute atomic E-state index is 0.245. The van der Waals surface area contributed by atoms with Gasteiger partial charge in [0.25, 0.3) is 0 Å². The number of esters is 1. The topological polar surface area (TPSA) is 52.3 Å². The summed E-state index contributed by atoms with van der Waals surface area (Å²) in [5, 5.41) is 0. The smallest absolute Gasteiger partial charge is 0.321 e. The molecule has 0 bridgehead atoms. The van der Waals surface area contributed by atoms with E-state index in [-0.39, 0.29) is 11.7 Å². The molecule has 6 heteroatoms. The molecule has 0 aliphatic heterocycles. The van der Waals surface area contributed by atoms with E-state index in [4.69, 9.17) is 9.15 Å². The highest BCUT2D eigenvalue weighted by atomic mass is 79.9. The normalized spacial score (nSPS) is 10.5. The van der Waals surface area contributed by atoms with Crippen LogP contribution in [0.25, 0.3) is 11.5 Å². The monoisotopic (exact) mass is 403 g/mol. The highest BCUT2D eigenvalue weighted by Gasteiger charge is 2.10. The van der Waals surface area contributed by atoms with Crippen molar-refractivity contribution in [3.63, 3.8) is 0 Å². The largest absolute Gasteiger partial charge is 0.444 e.